The molecule has 0 N–H and O–H groups in total. The lowest BCUT2D eigenvalue weighted by Gasteiger charge is -2.21. The first-order valence-corrected chi connectivity index (χ1v) is 5.79. The molecule has 1 fully saturated rings. The molecule has 1 saturated heterocycles. The van der Waals surface area contributed by atoms with Crippen LogP contribution in [0.4, 0.5) is 4.79 Å². The highest BCUT2D eigenvalue weighted by molar-refractivity contribution is 5.83. The monoisotopic (exact) mass is 249 g/mol. The molecular weight excluding hydrogens is 234 g/mol. The zero-order valence-corrected chi connectivity index (χ0v) is 10.3. The second-order valence-electron chi connectivity index (χ2n) is 4.16. The average Bonchev–Trinajstić information content (AvgIpc) is 2.62. The lowest BCUT2D eigenvalue weighted by Crippen LogP contribution is -2.40. The Kier molecular flexibility index (Phi) is 3.50. The van der Waals surface area contributed by atoms with Gasteiger partial charge in [0.05, 0.1) is 0 Å². The second-order valence-corrected chi connectivity index (χ2v) is 4.16. The number of rotatable bonds is 2. The first kappa shape index (κ1) is 12.4. The van der Waals surface area contributed by atoms with E-state index in [0.29, 0.717) is 0 Å². The van der Waals surface area contributed by atoms with Crippen LogP contribution >= 0.6 is 0 Å². The van der Waals surface area contributed by atoms with Gasteiger partial charge in [-0.3, -0.25) is 4.90 Å². The first-order chi connectivity index (χ1) is 8.59. The molecule has 1 aromatic rings. The van der Waals surface area contributed by atoms with Gasteiger partial charge in [-0.2, -0.15) is 0 Å². The molecule has 0 aromatic heterocycles. The molecule has 0 bridgehead atoms. The maximum atomic E-state index is 11.9. The molecule has 1 heterocycles. The van der Waals surface area contributed by atoms with Crippen LogP contribution < -0.4 is 0 Å². The van der Waals surface area contributed by atoms with Gasteiger partial charge < -0.3 is 9.47 Å². The van der Waals surface area contributed by atoms with Crippen LogP contribution in [-0.2, 0) is 20.9 Å². The highest BCUT2D eigenvalue weighted by Gasteiger charge is 2.40. The van der Waals surface area contributed by atoms with Crippen molar-refractivity contribution in [2.24, 2.45) is 0 Å². The van der Waals surface area contributed by atoms with E-state index in [4.69, 9.17) is 9.47 Å². The Hall–Kier alpha value is -2.04. The molecule has 0 saturated carbocycles. The van der Waals surface area contributed by atoms with E-state index in [2.05, 4.69) is 0 Å². The Morgan fingerprint density at radius 2 is 2.00 bits per heavy atom. The highest BCUT2D eigenvalue weighted by atomic mass is 16.6. The van der Waals surface area contributed by atoms with Crippen molar-refractivity contribution in [3.8, 4) is 0 Å². The van der Waals surface area contributed by atoms with E-state index in [1.165, 1.54) is 4.90 Å². The van der Waals surface area contributed by atoms with E-state index < -0.39 is 24.3 Å². The molecule has 5 heteroatoms. The van der Waals surface area contributed by atoms with E-state index in [0.717, 1.165) is 5.56 Å². The smallest absolute Gasteiger partial charge is 0.413 e. The zero-order valence-electron chi connectivity index (χ0n) is 10.3. The predicted molar refractivity (Wildman–Crippen MR) is 63.5 cm³/mol. The number of ether oxygens (including phenoxy) is 2. The standard InChI is InChI=1S/C13H15NO4/c1-9-12(15)18-10(2)14(9)13(16)17-8-11-6-4-3-5-7-11/h3-7,9-10H,8H2,1-2H3. The van der Waals surface area contributed by atoms with Crippen LogP contribution in [0.5, 0.6) is 0 Å². The van der Waals surface area contributed by atoms with Gasteiger partial charge in [-0.05, 0) is 19.4 Å². The van der Waals surface area contributed by atoms with Gasteiger partial charge in [-0.1, -0.05) is 30.3 Å². The molecule has 1 amide bonds. The Morgan fingerprint density at radius 3 is 2.56 bits per heavy atom. The topological polar surface area (TPSA) is 55.8 Å². The van der Waals surface area contributed by atoms with Gasteiger partial charge in [0, 0.05) is 0 Å². The normalized spacial score (nSPS) is 22.8. The van der Waals surface area contributed by atoms with Gasteiger partial charge in [0.25, 0.3) is 0 Å². The molecule has 1 aliphatic heterocycles. The average molecular weight is 249 g/mol. The summed E-state index contributed by atoms with van der Waals surface area (Å²) < 4.78 is 10.1. The maximum Gasteiger partial charge on any atom is 0.413 e. The predicted octanol–water partition coefficient (Wildman–Crippen LogP) is 1.92. The van der Waals surface area contributed by atoms with Gasteiger partial charge in [-0.15, -0.1) is 0 Å². The van der Waals surface area contributed by atoms with E-state index >= 15 is 0 Å². The molecule has 1 aliphatic rings. The Bertz CT molecular complexity index is 446. The summed E-state index contributed by atoms with van der Waals surface area (Å²) in [4.78, 5) is 24.5. The third-order valence-electron chi connectivity index (χ3n) is 2.85. The minimum absolute atomic E-state index is 0.184. The Labute approximate surface area is 105 Å². The van der Waals surface area contributed by atoms with E-state index in [9.17, 15) is 9.59 Å². The molecule has 5 nitrogen and oxygen atoms in total. The Morgan fingerprint density at radius 1 is 1.33 bits per heavy atom. The summed E-state index contributed by atoms with van der Waals surface area (Å²) >= 11 is 0. The summed E-state index contributed by atoms with van der Waals surface area (Å²) in [6, 6.07) is 8.77. The van der Waals surface area contributed by atoms with E-state index in [-0.39, 0.29) is 6.61 Å². The van der Waals surface area contributed by atoms with Gasteiger partial charge in [0.15, 0.2) is 6.23 Å². The van der Waals surface area contributed by atoms with Gasteiger partial charge in [0.1, 0.15) is 12.6 Å². The molecule has 0 spiro atoms. The van der Waals surface area contributed by atoms with Crippen LogP contribution in [0.3, 0.4) is 0 Å². The molecule has 0 radical (unpaired) electrons. The molecule has 18 heavy (non-hydrogen) atoms. The van der Waals surface area contributed by atoms with Crippen molar-refractivity contribution >= 4 is 12.1 Å². The Balaban J connectivity index is 1.94. The molecule has 2 atom stereocenters. The van der Waals surface area contributed by atoms with Crippen LogP contribution in [0.1, 0.15) is 19.4 Å². The summed E-state index contributed by atoms with van der Waals surface area (Å²) in [6.45, 7) is 3.45. The van der Waals surface area contributed by atoms with Crippen molar-refractivity contribution in [1.82, 2.24) is 4.90 Å². The van der Waals surface area contributed by atoms with Crippen LogP contribution in [0.2, 0.25) is 0 Å². The number of carbonyl (C=O) groups excluding carboxylic acids is 2. The van der Waals surface area contributed by atoms with Crippen molar-refractivity contribution in [2.45, 2.75) is 32.7 Å². The second kappa shape index (κ2) is 5.08. The SMILES string of the molecule is CC1OC(=O)C(C)N1C(=O)OCc1ccccc1. The number of cyclic esters (lactones) is 1. The molecular formula is C13H15NO4. The maximum absolute atomic E-state index is 11.9. The third-order valence-corrected chi connectivity index (χ3v) is 2.85. The fraction of sp³-hybridized carbons (Fsp3) is 0.385. The van der Waals surface area contributed by atoms with Gasteiger partial charge >= 0.3 is 12.1 Å². The number of benzene rings is 1. The van der Waals surface area contributed by atoms with Crippen molar-refractivity contribution < 1.29 is 19.1 Å². The lowest BCUT2D eigenvalue weighted by atomic mass is 10.2. The van der Waals surface area contributed by atoms with Crippen LogP contribution in [0.15, 0.2) is 30.3 Å². The molecule has 96 valence electrons. The van der Waals surface area contributed by atoms with Crippen molar-refractivity contribution in [1.29, 1.82) is 0 Å². The summed E-state index contributed by atoms with van der Waals surface area (Å²) in [6.07, 6.45) is -1.11. The summed E-state index contributed by atoms with van der Waals surface area (Å²) in [7, 11) is 0. The summed E-state index contributed by atoms with van der Waals surface area (Å²) in [5.41, 5.74) is 0.901. The summed E-state index contributed by atoms with van der Waals surface area (Å²) in [5.74, 6) is -0.404. The number of hydrogen-bond donors (Lipinski definition) is 0. The largest absolute Gasteiger partial charge is 0.444 e. The van der Waals surface area contributed by atoms with Crippen LogP contribution in [0, 0.1) is 0 Å². The van der Waals surface area contributed by atoms with Crippen molar-refractivity contribution in [3.05, 3.63) is 35.9 Å². The number of nitrogens with zero attached hydrogens (tertiary/aromatic N) is 1. The third kappa shape index (κ3) is 2.45. The molecule has 0 aliphatic carbocycles. The van der Waals surface area contributed by atoms with Crippen LogP contribution in [0.25, 0.3) is 0 Å². The molecule has 2 rings (SSSR count). The quantitative estimate of drug-likeness (QED) is 0.751. The highest BCUT2D eigenvalue weighted by Crippen LogP contribution is 2.19. The summed E-state index contributed by atoms with van der Waals surface area (Å²) in [5, 5.41) is 0. The minimum atomic E-state index is -0.594. The first-order valence-electron chi connectivity index (χ1n) is 5.79. The van der Waals surface area contributed by atoms with Crippen molar-refractivity contribution in [3.63, 3.8) is 0 Å². The van der Waals surface area contributed by atoms with E-state index in [1.54, 1.807) is 13.8 Å². The van der Waals surface area contributed by atoms with Crippen molar-refractivity contribution in [2.75, 3.05) is 0 Å². The van der Waals surface area contributed by atoms with Gasteiger partial charge in [-0.25, -0.2) is 9.59 Å². The fourth-order valence-corrected chi connectivity index (χ4v) is 1.85. The molecule has 2 unspecified atom stereocenters. The number of hydrogen-bond acceptors (Lipinski definition) is 4. The number of esters is 1. The molecule has 1 aromatic carbocycles. The lowest BCUT2D eigenvalue weighted by molar-refractivity contribution is -0.141. The fourth-order valence-electron chi connectivity index (χ4n) is 1.85. The number of amides is 1. The van der Waals surface area contributed by atoms with Crippen LogP contribution in [-0.4, -0.2) is 29.2 Å². The number of carbonyl (C=O) groups is 2. The van der Waals surface area contributed by atoms with Gasteiger partial charge in [0.2, 0.25) is 0 Å². The van der Waals surface area contributed by atoms with E-state index in [1.807, 2.05) is 30.3 Å². The minimum Gasteiger partial charge on any atom is -0.444 e. The zero-order chi connectivity index (χ0) is 13.1.